The maximum atomic E-state index is 11.4. The van der Waals surface area contributed by atoms with Crippen LogP contribution in [-0.4, -0.2) is 24.8 Å². The molecule has 0 bridgehead atoms. The highest BCUT2D eigenvalue weighted by Crippen LogP contribution is 2.31. The van der Waals surface area contributed by atoms with E-state index in [2.05, 4.69) is 0 Å². The first-order valence-electron chi connectivity index (χ1n) is 5.75. The number of carbonyl (C=O) groups is 2. The standard InChI is InChI=1S/C14H14O4/c1-10(15)8-12(16)4-2-11-3-5-13-14(9-11)18-7-6-17-13/h2-5,9H,6-8H2,1H3. The fraction of sp³-hybridized carbons (Fsp3) is 0.286. The van der Waals surface area contributed by atoms with Gasteiger partial charge in [-0.15, -0.1) is 0 Å². The predicted octanol–water partition coefficient (Wildman–Crippen LogP) is 2.02. The Morgan fingerprint density at radius 1 is 1.22 bits per heavy atom. The molecule has 0 saturated carbocycles. The van der Waals surface area contributed by atoms with Crippen LogP contribution in [0.4, 0.5) is 0 Å². The Morgan fingerprint density at radius 3 is 2.67 bits per heavy atom. The van der Waals surface area contributed by atoms with Crippen LogP contribution in [0.5, 0.6) is 11.5 Å². The molecule has 0 fully saturated rings. The molecular formula is C14H14O4. The topological polar surface area (TPSA) is 52.6 Å². The normalized spacial score (nSPS) is 13.6. The quantitative estimate of drug-likeness (QED) is 0.602. The van der Waals surface area contributed by atoms with Gasteiger partial charge >= 0.3 is 0 Å². The molecule has 4 heteroatoms. The molecule has 0 radical (unpaired) electrons. The highest BCUT2D eigenvalue weighted by atomic mass is 16.6. The molecule has 1 aliphatic heterocycles. The second-order valence-electron chi connectivity index (χ2n) is 4.08. The minimum absolute atomic E-state index is 0.0545. The minimum atomic E-state index is -0.197. The second-order valence-corrected chi connectivity index (χ2v) is 4.08. The molecule has 0 spiro atoms. The minimum Gasteiger partial charge on any atom is -0.486 e. The molecule has 94 valence electrons. The third-order valence-corrected chi connectivity index (χ3v) is 2.45. The van der Waals surface area contributed by atoms with E-state index in [9.17, 15) is 9.59 Å². The lowest BCUT2D eigenvalue weighted by molar-refractivity contribution is -0.123. The zero-order chi connectivity index (χ0) is 13.0. The van der Waals surface area contributed by atoms with Crippen LogP contribution in [0, 0.1) is 0 Å². The van der Waals surface area contributed by atoms with Gasteiger partial charge in [0.05, 0.1) is 6.42 Å². The molecule has 4 nitrogen and oxygen atoms in total. The maximum absolute atomic E-state index is 11.4. The van der Waals surface area contributed by atoms with E-state index in [1.807, 2.05) is 18.2 Å². The summed E-state index contributed by atoms with van der Waals surface area (Å²) < 4.78 is 10.8. The molecule has 1 heterocycles. The van der Waals surface area contributed by atoms with Crippen molar-refractivity contribution < 1.29 is 19.1 Å². The first-order valence-corrected chi connectivity index (χ1v) is 5.75. The zero-order valence-corrected chi connectivity index (χ0v) is 10.1. The van der Waals surface area contributed by atoms with Crippen molar-refractivity contribution in [3.05, 3.63) is 29.8 Å². The van der Waals surface area contributed by atoms with E-state index in [-0.39, 0.29) is 18.0 Å². The number of rotatable bonds is 4. The van der Waals surface area contributed by atoms with E-state index in [1.165, 1.54) is 13.0 Å². The molecule has 0 unspecified atom stereocenters. The van der Waals surface area contributed by atoms with Crippen molar-refractivity contribution >= 4 is 17.6 Å². The van der Waals surface area contributed by atoms with Gasteiger partial charge in [-0.25, -0.2) is 0 Å². The molecule has 0 saturated heterocycles. The van der Waals surface area contributed by atoms with E-state index < -0.39 is 0 Å². The average molecular weight is 246 g/mol. The SMILES string of the molecule is CC(=O)CC(=O)C=Cc1ccc2c(c1)OCCO2. The smallest absolute Gasteiger partial charge is 0.163 e. The molecule has 1 aliphatic rings. The molecule has 1 aromatic rings. The molecule has 1 aromatic carbocycles. The number of hydrogen-bond donors (Lipinski definition) is 0. The van der Waals surface area contributed by atoms with Crippen LogP contribution >= 0.6 is 0 Å². The fourth-order valence-electron chi connectivity index (χ4n) is 1.66. The van der Waals surface area contributed by atoms with Crippen molar-refractivity contribution in [3.8, 4) is 11.5 Å². The molecule has 18 heavy (non-hydrogen) atoms. The fourth-order valence-corrected chi connectivity index (χ4v) is 1.66. The van der Waals surface area contributed by atoms with Crippen molar-refractivity contribution in [1.82, 2.24) is 0 Å². The van der Waals surface area contributed by atoms with Crippen LogP contribution in [0.2, 0.25) is 0 Å². The Balaban J connectivity index is 2.08. The maximum Gasteiger partial charge on any atom is 0.163 e. The largest absolute Gasteiger partial charge is 0.486 e. The van der Waals surface area contributed by atoms with Crippen molar-refractivity contribution in [2.24, 2.45) is 0 Å². The lowest BCUT2D eigenvalue weighted by Crippen LogP contribution is -2.15. The van der Waals surface area contributed by atoms with Gasteiger partial charge in [-0.2, -0.15) is 0 Å². The first-order chi connectivity index (χ1) is 8.65. The number of benzene rings is 1. The number of ether oxygens (including phenoxy) is 2. The summed E-state index contributed by atoms with van der Waals surface area (Å²) >= 11 is 0. The zero-order valence-electron chi connectivity index (χ0n) is 10.1. The monoisotopic (exact) mass is 246 g/mol. The average Bonchev–Trinajstić information content (AvgIpc) is 2.35. The third-order valence-electron chi connectivity index (χ3n) is 2.45. The summed E-state index contributed by atoms with van der Waals surface area (Å²) in [6.07, 6.45) is 3.03. The molecule has 0 atom stereocenters. The highest BCUT2D eigenvalue weighted by molar-refractivity contribution is 6.05. The van der Waals surface area contributed by atoms with Gasteiger partial charge in [-0.3, -0.25) is 9.59 Å². The van der Waals surface area contributed by atoms with Crippen LogP contribution in [0.25, 0.3) is 6.08 Å². The Morgan fingerprint density at radius 2 is 1.94 bits per heavy atom. The van der Waals surface area contributed by atoms with Gasteiger partial charge in [0, 0.05) is 0 Å². The Labute approximate surface area is 105 Å². The Hall–Kier alpha value is -2.10. The first kappa shape index (κ1) is 12.4. The van der Waals surface area contributed by atoms with Crippen LogP contribution in [0.1, 0.15) is 18.9 Å². The van der Waals surface area contributed by atoms with Gasteiger partial charge in [0.25, 0.3) is 0 Å². The second kappa shape index (κ2) is 5.49. The van der Waals surface area contributed by atoms with Crippen molar-refractivity contribution in [3.63, 3.8) is 0 Å². The summed E-state index contributed by atoms with van der Waals surface area (Å²) in [6.45, 7) is 2.48. The van der Waals surface area contributed by atoms with Gasteiger partial charge in [-0.05, 0) is 30.7 Å². The summed E-state index contributed by atoms with van der Waals surface area (Å²) in [5.41, 5.74) is 0.844. The van der Waals surface area contributed by atoms with E-state index in [0.717, 1.165) is 5.56 Å². The van der Waals surface area contributed by atoms with Crippen molar-refractivity contribution in [2.75, 3.05) is 13.2 Å². The van der Waals surface area contributed by atoms with Gasteiger partial charge in [-0.1, -0.05) is 12.1 Å². The van der Waals surface area contributed by atoms with E-state index >= 15 is 0 Å². The number of hydrogen-bond acceptors (Lipinski definition) is 4. The lowest BCUT2D eigenvalue weighted by atomic mass is 10.1. The lowest BCUT2D eigenvalue weighted by Gasteiger charge is -2.18. The Kier molecular flexibility index (Phi) is 3.77. The van der Waals surface area contributed by atoms with Crippen molar-refractivity contribution in [1.29, 1.82) is 0 Å². The van der Waals surface area contributed by atoms with E-state index in [4.69, 9.17) is 9.47 Å². The number of allylic oxidation sites excluding steroid dienone is 1. The third kappa shape index (κ3) is 3.20. The molecule has 0 N–H and O–H groups in total. The molecule has 2 rings (SSSR count). The van der Waals surface area contributed by atoms with Gasteiger partial charge in [0.1, 0.15) is 19.0 Å². The number of fused-ring (bicyclic) bond motifs is 1. The molecular weight excluding hydrogens is 232 g/mol. The molecule has 0 aliphatic carbocycles. The number of carbonyl (C=O) groups excluding carboxylic acids is 2. The highest BCUT2D eigenvalue weighted by Gasteiger charge is 2.10. The van der Waals surface area contributed by atoms with E-state index in [0.29, 0.717) is 24.7 Å². The van der Waals surface area contributed by atoms with Gasteiger partial charge in [0.15, 0.2) is 17.3 Å². The summed E-state index contributed by atoms with van der Waals surface area (Å²) in [5, 5.41) is 0. The van der Waals surface area contributed by atoms with Crippen LogP contribution in [-0.2, 0) is 9.59 Å². The number of Topliss-reactive ketones (excluding diaryl/α,β-unsaturated/α-hetero) is 1. The summed E-state index contributed by atoms with van der Waals surface area (Å²) in [6, 6.07) is 5.46. The summed E-state index contributed by atoms with van der Waals surface area (Å²) in [7, 11) is 0. The Bertz CT molecular complexity index is 503. The van der Waals surface area contributed by atoms with Gasteiger partial charge in [0.2, 0.25) is 0 Å². The van der Waals surface area contributed by atoms with Gasteiger partial charge < -0.3 is 9.47 Å². The molecule has 0 amide bonds. The molecule has 0 aromatic heterocycles. The number of ketones is 2. The summed E-state index contributed by atoms with van der Waals surface area (Å²) in [5.74, 6) is 1.07. The van der Waals surface area contributed by atoms with Crippen LogP contribution in [0.15, 0.2) is 24.3 Å². The van der Waals surface area contributed by atoms with Crippen LogP contribution in [0.3, 0.4) is 0 Å². The van der Waals surface area contributed by atoms with Crippen molar-refractivity contribution in [2.45, 2.75) is 13.3 Å². The van der Waals surface area contributed by atoms with E-state index in [1.54, 1.807) is 6.08 Å². The van der Waals surface area contributed by atoms with Crippen LogP contribution < -0.4 is 9.47 Å². The summed E-state index contributed by atoms with van der Waals surface area (Å²) in [4.78, 5) is 22.1. The predicted molar refractivity (Wildman–Crippen MR) is 66.8 cm³/mol.